The van der Waals surface area contributed by atoms with Crippen molar-refractivity contribution in [2.45, 2.75) is 25.8 Å². The third-order valence-electron chi connectivity index (χ3n) is 3.97. The van der Waals surface area contributed by atoms with Crippen molar-refractivity contribution in [2.75, 3.05) is 23.3 Å². The van der Waals surface area contributed by atoms with Gasteiger partial charge in [-0.15, -0.1) is 0 Å². The molecule has 2 aliphatic rings. The second-order valence-electron chi connectivity index (χ2n) is 5.04. The Hall–Kier alpha value is -0.960. The first-order chi connectivity index (χ1) is 8.16. The van der Waals surface area contributed by atoms with Crippen LogP contribution in [0, 0.1) is 11.7 Å². The highest BCUT2D eigenvalue weighted by Gasteiger charge is 2.33. The Balaban J connectivity index is 2.03. The summed E-state index contributed by atoms with van der Waals surface area (Å²) in [4.78, 5) is 2.38. The molecular weight excluding hydrogens is 239 g/mol. The van der Waals surface area contributed by atoms with Crippen LogP contribution in [0.3, 0.4) is 0 Å². The molecule has 0 bridgehead atoms. The first kappa shape index (κ1) is 11.1. The molecule has 17 heavy (non-hydrogen) atoms. The molecule has 2 nitrogen and oxygen atoms in total. The molecular formula is C13H16ClFN2. The minimum atomic E-state index is -0.346. The highest BCUT2D eigenvalue weighted by atomic mass is 35.5. The molecule has 1 aromatic rings. The van der Waals surface area contributed by atoms with Crippen molar-refractivity contribution in [3.8, 4) is 0 Å². The average molecular weight is 255 g/mol. The molecule has 2 unspecified atom stereocenters. The van der Waals surface area contributed by atoms with Crippen molar-refractivity contribution in [1.82, 2.24) is 0 Å². The van der Waals surface area contributed by atoms with E-state index in [1.54, 1.807) is 6.07 Å². The van der Waals surface area contributed by atoms with Gasteiger partial charge in [-0.1, -0.05) is 18.5 Å². The normalized spacial score (nSPS) is 27.1. The van der Waals surface area contributed by atoms with E-state index in [0.717, 1.165) is 24.5 Å². The lowest BCUT2D eigenvalue weighted by molar-refractivity contribution is 0.350. The minimum absolute atomic E-state index is 0.212. The molecule has 3 rings (SSSR count). The molecule has 1 fully saturated rings. The number of nitrogens with zero attached hydrogens (tertiary/aromatic N) is 1. The summed E-state index contributed by atoms with van der Waals surface area (Å²) in [6, 6.07) is 3.77. The van der Waals surface area contributed by atoms with E-state index in [1.165, 1.54) is 18.9 Å². The van der Waals surface area contributed by atoms with E-state index in [-0.39, 0.29) is 10.8 Å². The molecule has 92 valence electrons. The van der Waals surface area contributed by atoms with Crippen LogP contribution in [-0.2, 0) is 0 Å². The molecule has 0 aromatic heterocycles. The number of halogens is 2. The zero-order chi connectivity index (χ0) is 12.0. The second kappa shape index (κ2) is 4.05. The zero-order valence-corrected chi connectivity index (χ0v) is 10.6. The highest BCUT2D eigenvalue weighted by Crippen LogP contribution is 2.39. The fraction of sp³-hybridized carbons (Fsp3) is 0.538. The van der Waals surface area contributed by atoms with Crippen LogP contribution in [0.2, 0.25) is 5.02 Å². The van der Waals surface area contributed by atoms with Crippen molar-refractivity contribution in [3.05, 3.63) is 23.0 Å². The Labute approximate surface area is 106 Å². The van der Waals surface area contributed by atoms with Gasteiger partial charge in [0.15, 0.2) is 0 Å². The van der Waals surface area contributed by atoms with Crippen LogP contribution in [0.1, 0.15) is 19.8 Å². The lowest BCUT2D eigenvalue weighted by Crippen LogP contribution is -2.51. The number of fused-ring (bicyclic) bond motifs is 3. The van der Waals surface area contributed by atoms with Gasteiger partial charge in [0.05, 0.1) is 16.4 Å². The Morgan fingerprint density at radius 3 is 3.12 bits per heavy atom. The maximum absolute atomic E-state index is 13.4. The van der Waals surface area contributed by atoms with Crippen LogP contribution in [0.5, 0.6) is 0 Å². The summed E-state index contributed by atoms with van der Waals surface area (Å²) in [5, 5.41) is 3.53. The Kier molecular flexibility index (Phi) is 2.66. The smallest absolute Gasteiger partial charge is 0.143 e. The lowest BCUT2D eigenvalue weighted by Gasteiger charge is -2.45. The van der Waals surface area contributed by atoms with E-state index in [9.17, 15) is 4.39 Å². The summed E-state index contributed by atoms with van der Waals surface area (Å²) >= 11 is 5.88. The summed E-state index contributed by atoms with van der Waals surface area (Å²) in [6.45, 7) is 4.23. The topological polar surface area (TPSA) is 15.3 Å². The predicted octanol–water partition coefficient (Wildman–Crippen LogP) is 3.51. The van der Waals surface area contributed by atoms with Crippen LogP contribution >= 0.6 is 11.6 Å². The molecule has 0 spiro atoms. The van der Waals surface area contributed by atoms with Crippen LogP contribution in [-0.4, -0.2) is 19.1 Å². The van der Waals surface area contributed by atoms with Crippen LogP contribution in [0.25, 0.3) is 0 Å². The van der Waals surface area contributed by atoms with Gasteiger partial charge in [-0.05, 0) is 24.8 Å². The molecule has 1 aromatic carbocycles. The third kappa shape index (κ3) is 1.77. The van der Waals surface area contributed by atoms with E-state index in [4.69, 9.17) is 11.6 Å². The van der Waals surface area contributed by atoms with Crippen LogP contribution < -0.4 is 10.2 Å². The summed E-state index contributed by atoms with van der Waals surface area (Å²) in [5.74, 6) is 0.328. The van der Waals surface area contributed by atoms with E-state index in [1.807, 2.05) is 0 Å². The maximum Gasteiger partial charge on any atom is 0.143 e. The van der Waals surface area contributed by atoms with Gasteiger partial charge in [-0.25, -0.2) is 4.39 Å². The van der Waals surface area contributed by atoms with Crippen LogP contribution in [0.4, 0.5) is 15.8 Å². The highest BCUT2D eigenvalue weighted by molar-refractivity contribution is 6.31. The lowest BCUT2D eigenvalue weighted by atomic mass is 9.88. The van der Waals surface area contributed by atoms with Gasteiger partial charge >= 0.3 is 0 Å². The Morgan fingerprint density at radius 1 is 1.47 bits per heavy atom. The quantitative estimate of drug-likeness (QED) is 0.762. The number of nitrogens with one attached hydrogen (secondary N) is 1. The fourth-order valence-corrected chi connectivity index (χ4v) is 3.15. The van der Waals surface area contributed by atoms with Crippen molar-refractivity contribution in [3.63, 3.8) is 0 Å². The SMILES string of the molecule is CC1CCCN2c3cc(Cl)c(F)cc3NCC12. The van der Waals surface area contributed by atoms with E-state index in [2.05, 4.69) is 17.1 Å². The molecule has 0 radical (unpaired) electrons. The molecule has 0 aliphatic carbocycles. The number of hydrogen-bond acceptors (Lipinski definition) is 2. The summed E-state index contributed by atoms with van der Waals surface area (Å²) in [6.07, 6.45) is 2.47. The largest absolute Gasteiger partial charge is 0.381 e. The van der Waals surface area contributed by atoms with E-state index >= 15 is 0 Å². The molecule has 1 N–H and O–H groups in total. The molecule has 2 aliphatic heterocycles. The first-order valence-electron chi connectivity index (χ1n) is 6.16. The zero-order valence-electron chi connectivity index (χ0n) is 9.84. The van der Waals surface area contributed by atoms with Gasteiger partial charge in [0.1, 0.15) is 5.82 Å². The molecule has 0 amide bonds. The molecule has 4 heteroatoms. The van der Waals surface area contributed by atoms with Gasteiger partial charge in [-0.3, -0.25) is 0 Å². The molecule has 1 saturated heterocycles. The van der Waals surface area contributed by atoms with Crippen molar-refractivity contribution < 1.29 is 4.39 Å². The summed E-state index contributed by atoms with van der Waals surface area (Å²) < 4.78 is 13.4. The van der Waals surface area contributed by atoms with Gasteiger partial charge in [-0.2, -0.15) is 0 Å². The summed E-state index contributed by atoms with van der Waals surface area (Å²) in [7, 11) is 0. The average Bonchev–Trinajstić information content (AvgIpc) is 2.31. The second-order valence-corrected chi connectivity index (χ2v) is 5.45. The summed E-state index contributed by atoms with van der Waals surface area (Å²) in [5.41, 5.74) is 1.93. The number of anilines is 2. The first-order valence-corrected chi connectivity index (χ1v) is 6.54. The number of hydrogen-bond donors (Lipinski definition) is 1. The fourth-order valence-electron chi connectivity index (χ4n) is 2.99. The third-order valence-corrected chi connectivity index (χ3v) is 4.26. The van der Waals surface area contributed by atoms with E-state index < -0.39 is 0 Å². The maximum atomic E-state index is 13.4. The van der Waals surface area contributed by atoms with Crippen molar-refractivity contribution in [1.29, 1.82) is 0 Å². The molecule has 2 atom stereocenters. The van der Waals surface area contributed by atoms with Gasteiger partial charge in [0.2, 0.25) is 0 Å². The predicted molar refractivity (Wildman–Crippen MR) is 69.4 cm³/mol. The van der Waals surface area contributed by atoms with Crippen molar-refractivity contribution >= 4 is 23.0 Å². The van der Waals surface area contributed by atoms with Crippen molar-refractivity contribution in [2.24, 2.45) is 5.92 Å². The number of rotatable bonds is 0. The Morgan fingerprint density at radius 2 is 2.29 bits per heavy atom. The van der Waals surface area contributed by atoms with Gasteiger partial charge in [0, 0.05) is 25.2 Å². The van der Waals surface area contributed by atoms with Gasteiger partial charge in [0.25, 0.3) is 0 Å². The standard InChI is InChI=1S/C13H16ClFN2/c1-8-3-2-4-17-12-5-9(14)10(15)6-11(12)16-7-13(8)17/h5-6,8,13,16H,2-4,7H2,1H3. The van der Waals surface area contributed by atoms with Gasteiger partial charge < -0.3 is 10.2 Å². The van der Waals surface area contributed by atoms with E-state index in [0.29, 0.717) is 12.0 Å². The number of piperidine rings is 1. The number of benzene rings is 1. The van der Waals surface area contributed by atoms with Crippen LogP contribution in [0.15, 0.2) is 12.1 Å². The molecule has 0 saturated carbocycles. The minimum Gasteiger partial charge on any atom is -0.381 e. The monoisotopic (exact) mass is 254 g/mol. The Bertz CT molecular complexity index is 449. The molecule has 2 heterocycles.